The molecule has 0 bridgehead atoms. The number of aromatic carboxylic acids is 1. The van der Waals surface area contributed by atoms with E-state index in [0.717, 1.165) is 29.7 Å². The van der Waals surface area contributed by atoms with E-state index in [0.29, 0.717) is 5.56 Å². The molecule has 3 rings (SSSR count). The number of hydrogen-bond acceptors (Lipinski definition) is 3. The first-order valence-corrected chi connectivity index (χ1v) is 6.80. The smallest absolute Gasteiger partial charge is 0.478 e. The standard InChI is InChI=1S/C14H11NO2.C2HF3O2/c16-14(17)11-5-6-12-10(8-11)4-3-9-2-1-7-15-13(9)12;3-2(4,5)1(6)7/h1-2,5-8H,3-4H2,(H,16,17);(H,6,7). The second-order valence-corrected chi connectivity index (χ2v) is 4.99. The lowest BCUT2D eigenvalue weighted by Crippen LogP contribution is -2.21. The minimum Gasteiger partial charge on any atom is -0.478 e. The highest BCUT2D eigenvalue weighted by molar-refractivity contribution is 5.89. The minimum absolute atomic E-state index is 0.350. The quantitative estimate of drug-likeness (QED) is 0.833. The summed E-state index contributed by atoms with van der Waals surface area (Å²) in [7, 11) is 0. The number of halogens is 3. The van der Waals surface area contributed by atoms with E-state index in [1.165, 1.54) is 5.56 Å². The van der Waals surface area contributed by atoms with Crippen LogP contribution >= 0.6 is 0 Å². The van der Waals surface area contributed by atoms with Crippen LogP contribution in [0.5, 0.6) is 0 Å². The maximum Gasteiger partial charge on any atom is 0.490 e. The third-order valence-electron chi connectivity index (χ3n) is 3.40. The van der Waals surface area contributed by atoms with Gasteiger partial charge in [-0.2, -0.15) is 13.2 Å². The van der Waals surface area contributed by atoms with E-state index in [1.54, 1.807) is 18.3 Å². The van der Waals surface area contributed by atoms with Crippen molar-refractivity contribution < 1.29 is 33.0 Å². The van der Waals surface area contributed by atoms with Crippen LogP contribution in [0.4, 0.5) is 13.2 Å². The molecule has 0 saturated heterocycles. The summed E-state index contributed by atoms with van der Waals surface area (Å²) in [4.78, 5) is 24.2. The number of carboxylic acid groups (broad SMARTS) is 2. The monoisotopic (exact) mass is 339 g/mol. The topological polar surface area (TPSA) is 87.5 Å². The first-order chi connectivity index (χ1) is 11.2. The molecule has 1 aliphatic carbocycles. The van der Waals surface area contributed by atoms with Crippen LogP contribution in [0.3, 0.4) is 0 Å². The van der Waals surface area contributed by atoms with Crippen LogP contribution in [0.25, 0.3) is 11.3 Å². The number of alkyl halides is 3. The van der Waals surface area contributed by atoms with Gasteiger partial charge in [0.25, 0.3) is 0 Å². The SMILES string of the molecule is O=C(O)C(F)(F)F.O=C(O)c1ccc2c(c1)CCc1cccnc1-2. The molecule has 0 amide bonds. The Balaban J connectivity index is 0.000000256. The molecule has 0 fully saturated rings. The van der Waals surface area contributed by atoms with Gasteiger partial charge in [-0.25, -0.2) is 9.59 Å². The summed E-state index contributed by atoms with van der Waals surface area (Å²) >= 11 is 0. The Bertz CT molecular complexity index is 787. The normalized spacial score (nSPS) is 12.3. The van der Waals surface area contributed by atoms with Gasteiger partial charge < -0.3 is 10.2 Å². The van der Waals surface area contributed by atoms with Crippen molar-refractivity contribution in [3.8, 4) is 11.3 Å². The lowest BCUT2D eigenvalue weighted by atomic mass is 9.88. The number of pyridine rings is 1. The van der Waals surface area contributed by atoms with Crippen molar-refractivity contribution >= 4 is 11.9 Å². The number of fused-ring (bicyclic) bond motifs is 3. The largest absolute Gasteiger partial charge is 0.490 e. The number of hydrogen-bond donors (Lipinski definition) is 2. The Morgan fingerprint density at radius 1 is 1.04 bits per heavy atom. The number of aryl methyl sites for hydroxylation is 2. The summed E-state index contributed by atoms with van der Waals surface area (Å²) in [6, 6.07) is 9.29. The minimum atomic E-state index is -5.08. The molecular formula is C16H12F3NO4. The van der Waals surface area contributed by atoms with E-state index in [9.17, 15) is 18.0 Å². The molecule has 2 aromatic rings. The van der Waals surface area contributed by atoms with Gasteiger partial charge >= 0.3 is 18.1 Å². The molecule has 1 heterocycles. The van der Waals surface area contributed by atoms with Gasteiger partial charge in [-0.3, -0.25) is 4.98 Å². The van der Waals surface area contributed by atoms with E-state index in [-0.39, 0.29) is 0 Å². The van der Waals surface area contributed by atoms with Gasteiger partial charge in [0.2, 0.25) is 0 Å². The van der Waals surface area contributed by atoms with Crippen LogP contribution in [0.15, 0.2) is 36.5 Å². The number of aliphatic carboxylic acids is 1. The molecule has 2 N–H and O–H groups in total. The van der Waals surface area contributed by atoms with Crippen LogP contribution in [-0.2, 0) is 17.6 Å². The Kier molecular flexibility index (Phi) is 4.87. The zero-order chi connectivity index (χ0) is 17.9. The van der Waals surface area contributed by atoms with Gasteiger partial charge in [0.1, 0.15) is 0 Å². The Labute approximate surface area is 134 Å². The highest BCUT2D eigenvalue weighted by Crippen LogP contribution is 2.32. The zero-order valence-corrected chi connectivity index (χ0v) is 12.2. The number of rotatable bonds is 1. The van der Waals surface area contributed by atoms with E-state index in [4.69, 9.17) is 15.0 Å². The van der Waals surface area contributed by atoms with Crippen molar-refractivity contribution in [3.63, 3.8) is 0 Å². The summed E-state index contributed by atoms with van der Waals surface area (Å²) < 4.78 is 31.7. The van der Waals surface area contributed by atoms with Gasteiger partial charge in [0, 0.05) is 11.8 Å². The van der Waals surface area contributed by atoms with Crippen molar-refractivity contribution in [3.05, 3.63) is 53.2 Å². The van der Waals surface area contributed by atoms with Crippen molar-refractivity contribution in [1.29, 1.82) is 0 Å². The summed E-state index contributed by atoms with van der Waals surface area (Å²) in [5, 5.41) is 16.1. The van der Waals surface area contributed by atoms with Crippen molar-refractivity contribution in [2.75, 3.05) is 0 Å². The molecule has 126 valence electrons. The Morgan fingerprint density at radius 2 is 1.67 bits per heavy atom. The van der Waals surface area contributed by atoms with Crippen LogP contribution in [-0.4, -0.2) is 33.3 Å². The molecule has 0 unspecified atom stereocenters. The van der Waals surface area contributed by atoms with Gasteiger partial charge in [-0.05, 0) is 42.2 Å². The fourth-order valence-corrected chi connectivity index (χ4v) is 2.32. The molecule has 0 radical (unpaired) electrons. The Hall–Kier alpha value is -2.90. The van der Waals surface area contributed by atoms with Crippen LogP contribution in [0, 0.1) is 0 Å². The summed E-state index contributed by atoms with van der Waals surface area (Å²) in [5.74, 6) is -3.63. The predicted molar refractivity (Wildman–Crippen MR) is 77.7 cm³/mol. The highest BCUT2D eigenvalue weighted by atomic mass is 19.4. The van der Waals surface area contributed by atoms with E-state index in [2.05, 4.69) is 11.1 Å². The molecular weight excluding hydrogens is 327 g/mol. The summed E-state index contributed by atoms with van der Waals surface area (Å²) in [6.07, 6.45) is -1.49. The van der Waals surface area contributed by atoms with Crippen LogP contribution < -0.4 is 0 Å². The van der Waals surface area contributed by atoms with Gasteiger partial charge in [-0.15, -0.1) is 0 Å². The molecule has 0 atom stereocenters. The molecule has 8 heteroatoms. The number of carboxylic acids is 2. The van der Waals surface area contributed by atoms with E-state index >= 15 is 0 Å². The molecule has 1 aromatic heterocycles. The van der Waals surface area contributed by atoms with Gasteiger partial charge in [0.15, 0.2) is 0 Å². The lowest BCUT2D eigenvalue weighted by molar-refractivity contribution is -0.192. The Morgan fingerprint density at radius 3 is 2.25 bits per heavy atom. The van der Waals surface area contributed by atoms with Crippen molar-refractivity contribution in [2.24, 2.45) is 0 Å². The second-order valence-electron chi connectivity index (χ2n) is 4.99. The fraction of sp³-hybridized carbons (Fsp3) is 0.188. The van der Waals surface area contributed by atoms with Crippen LogP contribution in [0.2, 0.25) is 0 Å². The number of carbonyl (C=O) groups is 2. The first kappa shape index (κ1) is 17.5. The molecule has 1 aliphatic rings. The number of benzene rings is 1. The average molecular weight is 339 g/mol. The molecule has 0 saturated carbocycles. The fourth-order valence-electron chi connectivity index (χ4n) is 2.32. The molecule has 5 nitrogen and oxygen atoms in total. The summed E-state index contributed by atoms with van der Waals surface area (Å²) in [6.45, 7) is 0. The van der Waals surface area contributed by atoms with Gasteiger partial charge in [-0.1, -0.05) is 12.1 Å². The maximum atomic E-state index is 10.9. The van der Waals surface area contributed by atoms with E-state index in [1.807, 2.05) is 12.1 Å². The maximum absolute atomic E-state index is 10.9. The lowest BCUT2D eigenvalue weighted by Gasteiger charge is -2.18. The summed E-state index contributed by atoms with van der Waals surface area (Å²) in [5.41, 5.74) is 4.73. The van der Waals surface area contributed by atoms with Gasteiger partial charge in [0.05, 0.1) is 11.3 Å². The second kappa shape index (κ2) is 6.69. The van der Waals surface area contributed by atoms with Crippen molar-refractivity contribution in [1.82, 2.24) is 4.98 Å². The third-order valence-corrected chi connectivity index (χ3v) is 3.40. The molecule has 1 aromatic carbocycles. The highest BCUT2D eigenvalue weighted by Gasteiger charge is 2.38. The number of nitrogens with zero attached hydrogens (tertiary/aromatic N) is 1. The predicted octanol–water partition coefficient (Wildman–Crippen LogP) is 3.18. The molecule has 0 spiro atoms. The first-order valence-electron chi connectivity index (χ1n) is 6.80. The van der Waals surface area contributed by atoms with Crippen molar-refractivity contribution in [2.45, 2.75) is 19.0 Å². The number of aromatic nitrogens is 1. The average Bonchev–Trinajstić information content (AvgIpc) is 2.53. The van der Waals surface area contributed by atoms with E-state index < -0.39 is 18.1 Å². The zero-order valence-electron chi connectivity index (χ0n) is 12.2. The molecule has 0 aliphatic heterocycles. The van der Waals surface area contributed by atoms with Crippen LogP contribution in [0.1, 0.15) is 21.5 Å². The third kappa shape index (κ3) is 3.89. The molecule has 24 heavy (non-hydrogen) atoms.